The number of pyridine rings is 1. The highest BCUT2D eigenvalue weighted by Crippen LogP contribution is 2.33. The monoisotopic (exact) mass is 271 g/mol. The van der Waals surface area contributed by atoms with Crippen LogP contribution in [-0.2, 0) is 0 Å². The van der Waals surface area contributed by atoms with Gasteiger partial charge in [-0.1, -0.05) is 13.0 Å². The van der Waals surface area contributed by atoms with Crippen LogP contribution in [0.2, 0.25) is 0 Å². The highest BCUT2D eigenvalue weighted by molar-refractivity contribution is 5.98. The summed E-state index contributed by atoms with van der Waals surface area (Å²) in [5, 5.41) is 11.8. The topological polar surface area (TPSA) is 48.8 Å². The first-order valence-corrected chi connectivity index (χ1v) is 6.99. The zero-order chi connectivity index (χ0) is 14.1. The molecule has 1 fully saturated rings. The first-order valence-electron chi connectivity index (χ1n) is 6.99. The largest absolute Gasteiger partial charge is 0.316 e. The van der Waals surface area contributed by atoms with Crippen LogP contribution >= 0.6 is 0 Å². The first-order chi connectivity index (χ1) is 9.70. The highest BCUT2D eigenvalue weighted by Gasteiger charge is 2.23. The predicted molar refractivity (Wildman–Crippen MR) is 79.0 cm³/mol. The van der Waals surface area contributed by atoms with Crippen LogP contribution in [0, 0.1) is 17.1 Å². The van der Waals surface area contributed by atoms with Crippen LogP contribution < -0.4 is 5.32 Å². The molecule has 2 N–H and O–H groups in total. The molecule has 0 spiro atoms. The van der Waals surface area contributed by atoms with E-state index in [0.29, 0.717) is 17.4 Å². The van der Waals surface area contributed by atoms with Gasteiger partial charge in [0.1, 0.15) is 5.82 Å². The average Bonchev–Trinajstić information content (AvgIpc) is 2.46. The van der Waals surface area contributed by atoms with E-state index >= 15 is 0 Å². The summed E-state index contributed by atoms with van der Waals surface area (Å²) in [5.41, 5.74) is 1.88. The summed E-state index contributed by atoms with van der Waals surface area (Å²) in [6.07, 6.45) is 3.76. The summed E-state index contributed by atoms with van der Waals surface area (Å²) >= 11 is 0. The van der Waals surface area contributed by atoms with Gasteiger partial charge in [-0.3, -0.25) is 4.98 Å². The minimum Gasteiger partial charge on any atom is -0.316 e. The third-order valence-corrected chi connectivity index (χ3v) is 4.07. The summed E-state index contributed by atoms with van der Waals surface area (Å²) in [7, 11) is 0. The van der Waals surface area contributed by atoms with Gasteiger partial charge in [-0.05, 0) is 42.5 Å². The van der Waals surface area contributed by atoms with Crippen LogP contribution in [-0.4, -0.2) is 24.3 Å². The van der Waals surface area contributed by atoms with Crippen molar-refractivity contribution >= 4 is 17.1 Å². The normalized spacial score (nSPS) is 22.9. The first kappa shape index (κ1) is 13.2. The van der Waals surface area contributed by atoms with Gasteiger partial charge in [0.25, 0.3) is 0 Å². The second kappa shape index (κ2) is 5.29. The Morgan fingerprint density at radius 1 is 1.45 bits per heavy atom. The van der Waals surface area contributed by atoms with Gasteiger partial charge in [-0.15, -0.1) is 0 Å². The Labute approximate surface area is 117 Å². The Morgan fingerprint density at radius 2 is 2.30 bits per heavy atom. The molecular weight excluding hydrogens is 253 g/mol. The standard InChI is InChI=1S/C16H18FN3/c1-10-5-11(9-19-8-10)13-6-15(17)14(7-18)16-12(13)3-2-4-20-16/h2-4,6-7,10-11,18-19H,5,8-9H2,1H3/t10-,11?/m1/s1. The maximum Gasteiger partial charge on any atom is 0.134 e. The number of piperidine rings is 1. The molecule has 0 aliphatic carbocycles. The molecule has 3 nitrogen and oxygen atoms in total. The van der Waals surface area contributed by atoms with E-state index in [2.05, 4.69) is 17.2 Å². The molecule has 2 aromatic rings. The molecule has 1 saturated heterocycles. The molecule has 2 atom stereocenters. The number of hydrogen-bond donors (Lipinski definition) is 2. The number of nitrogens with one attached hydrogen (secondary N) is 2. The highest BCUT2D eigenvalue weighted by atomic mass is 19.1. The fraction of sp³-hybridized carbons (Fsp3) is 0.375. The molecule has 0 saturated carbocycles. The summed E-state index contributed by atoms with van der Waals surface area (Å²) < 4.78 is 14.2. The van der Waals surface area contributed by atoms with Crippen molar-refractivity contribution in [2.45, 2.75) is 19.3 Å². The lowest BCUT2D eigenvalue weighted by Gasteiger charge is -2.29. The maximum absolute atomic E-state index is 14.2. The molecule has 4 heteroatoms. The molecule has 104 valence electrons. The van der Waals surface area contributed by atoms with E-state index in [0.717, 1.165) is 36.7 Å². The fourth-order valence-corrected chi connectivity index (χ4v) is 3.13. The molecule has 1 aliphatic rings. The fourth-order valence-electron chi connectivity index (χ4n) is 3.13. The Hall–Kier alpha value is -1.81. The van der Waals surface area contributed by atoms with E-state index in [1.807, 2.05) is 12.1 Å². The third kappa shape index (κ3) is 2.20. The van der Waals surface area contributed by atoms with Gasteiger partial charge in [-0.25, -0.2) is 4.39 Å². The number of halogens is 1. The maximum atomic E-state index is 14.2. The molecule has 1 aliphatic heterocycles. The second-order valence-electron chi connectivity index (χ2n) is 5.60. The van der Waals surface area contributed by atoms with Crippen LogP contribution in [0.5, 0.6) is 0 Å². The van der Waals surface area contributed by atoms with Crippen molar-refractivity contribution in [2.75, 3.05) is 13.1 Å². The number of fused-ring (bicyclic) bond motifs is 1. The van der Waals surface area contributed by atoms with Gasteiger partial charge in [0.15, 0.2) is 0 Å². The van der Waals surface area contributed by atoms with Gasteiger partial charge in [0.05, 0.1) is 11.1 Å². The lowest BCUT2D eigenvalue weighted by Crippen LogP contribution is -2.34. The number of rotatable bonds is 2. The summed E-state index contributed by atoms with van der Waals surface area (Å²) in [4.78, 5) is 4.28. The zero-order valence-electron chi connectivity index (χ0n) is 11.5. The van der Waals surface area contributed by atoms with Crippen LogP contribution in [0.3, 0.4) is 0 Å². The molecule has 20 heavy (non-hydrogen) atoms. The number of hydrogen-bond acceptors (Lipinski definition) is 3. The molecule has 1 aromatic heterocycles. The molecule has 1 unspecified atom stereocenters. The van der Waals surface area contributed by atoms with Crippen molar-refractivity contribution in [3.63, 3.8) is 0 Å². The van der Waals surface area contributed by atoms with Gasteiger partial charge in [0.2, 0.25) is 0 Å². The average molecular weight is 271 g/mol. The van der Waals surface area contributed by atoms with Gasteiger partial charge >= 0.3 is 0 Å². The van der Waals surface area contributed by atoms with E-state index in [1.165, 1.54) is 0 Å². The van der Waals surface area contributed by atoms with Crippen molar-refractivity contribution in [1.29, 1.82) is 5.41 Å². The predicted octanol–water partition coefficient (Wildman–Crippen LogP) is 3.08. The molecule has 3 rings (SSSR count). The van der Waals surface area contributed by atoms with E-state index in [-0.39, 0.29) is 11.4 Å². The number of aromatic nitrogens is 1. The summed E-state index contributed by atoms with van der Waals surface area (Å²) in [5.74, 6) is 0.546. The Morgan fingerprint density at radius 3 is 3.05 bits per heavy atom. The van der Waals surface area contributed by atoms with Gasteiger partial charge in [-0.2, -0.15) is 0 Å². The Kier molecular flexibility index (Phi) is 3.49. The van der Waals surface area contributed by atoms with Crippen molar-refractivity contribution < 1.29 is 4.39 Å². The van der Waals surface area contributed by atoms with Crippen molar-refractivity contribution in [2.24, 2.45) is 5.92 Å². The van der Waals surface area contributed by atoms with Crippen LogP contribution in [0.4, 0.5) is 4.39 Å². The molecule has 1 aromatic carbocycles. The SMILES string of the molecule is C[C@H]1CNCC(c2cc(F)c(C=N)c3ncccc23)C1. The van der Waals surface area contributed by atoms with Crippen LogP contribution in [0.1, 0.15) is 30.4 Å². The molecule has 0 radical (unpaired) electrons. The second-order valence-corrected chi connectivity index (χ2v) is 5.60. The van der Waals surface area contributed by atoms with E-state index in [9.17, 15) is 4.39 Å². The van der Waals surface area contributed by atoms with Crippen LogP contribution in [0.15, 0.2) is 24.4 Å². The van der Waals surface area contributed by atoms with Crippen molar-refractivity contribution in [1.82, 2.24) is 10.3 Å². The van der Waals surface area contributed by atoms with Crippen molar-refractivity contribution in [3.8, 4) is 0 Å². The summed E-state index contributed by atoms with van der Waals surface area (Å²) in [6.45, 7) is 4.10. The van der Waals surface area contributed by atoms with E-state index in [1.54, 1.807) is 12.3 Å². The summed E-state index contributed by atoms with van der Waals surface area (Å²) in [6, 6.07) is 5.44. The molecular formula is C16H18FN3. The minimum absolute atomic E-state index is 0.279. The Bertz CT molecular complexity index is 653. The van der Waals surface area contributed by atoms with Crippen LogP contribution in [0.25, 0.3) is 10.9 Å². The molecule has 0 bridgehead atoms. The number of nitrogens with zero attached hydrogens (tertiary/aromatic N) is 1. The van der Waals surface area contributed by atoms with Crippen molar-refractivity contribution in [3.05, 3.63) is 41.3 Å². The lowest BCUT2D eigenvalue weighted by atomic mass is 9.84. The van der Waals surface area contributed by atoms with E-state index < -0.39 is 0 Å². The zero-order valence-corrected chi connectivity index (χ0v) is 11.5. The third-order valence-electron chi connectivity index (χ3n) is 4.07. The van der Waals surface area contributed by atoms with Gasteiger partial charge < -0.3 is 10.7 Å². The Balaban J connectivity index is 2.18. The number of benzene rings is 1. The van der Waals surface area contributed by atoms with E-state index in [4.69, 9.17) is 5.41 Å². The smallest absolute Gasteiger partial charge is 0.134 e. The minimum atomic E-state index is -0.348. The van der Waals surface area contributed by atoms with Gasteiger partial charge in [0, 0.05) is 24.3 Å². The molecule has 0 amide bonds. The quantitative estimate of drug-likeness (QED) is 0.825. The lowest BCUT2D eigenvalue weighted by molar-refractivity contribution is 0.364. The molecule has 2 heterocycles.